The highest BCUT2D eigenvalue weighted by Gasteiger charge is 2.20. The first-order valence-electron chi connectivity index (χ1n) is 10.0. The summed E-state index contributed by atoms with van der Waals surface area (Å²) in [5.41, 5.74) is 4.60. The molecular weight excluding hydrogens is 390 g/mol. The van der Waals surface area contributed by atoms with Gasteiger partial charge in [-0.05, 0) is 50.1 Å². The van der Waals surface area contributed by atoms with Crippen LogP contribution in [0.15, 0.2) is 59.9 Å². The molecule has 0 aliphatic rings. The first-order valence-corrected chi connectivity index (χ1v) is 10.0. The molecule has 154 valence electrons. The Balaban J connectivity index is 1.72. The second-order valence-corrected chi connectivity index (χ2v) is 7.61. The van der Waals surface area contributed by atoms with E-state index in [9.17, 15) is 4.79 Å². The van der Waals surface area contributed by atoms with Gasteiger partial charge in [-0.25, -0.2) is 19.9 Å². The van der Waals surface area contributed by atoms with Gasteiger partial charge in [0.05, 0.1) is 29.0 Å². The number of nitrogens with zero attached hydrogens (tertiary/aromatic N) is 5. The lowest BCUT2D eigenvalue weighted by atomic mass is 10.1. The Kier molecular flexibility index (Phi) is 4.47. The Morgan fingerprint density at radius 2 is 1.90 bits per heavy atom. The van der Waals surface area contributed by atoms with E-state index in [1.807, 2.05) is 63.2 Å². The Hall–Kier alpha value is -4.07. The van der Waals surface area contributed by atoms with Gasteiger partial charge >= 0.3 is 0 Å². The monoisotopic (exact) mass is 411 g/mol. The SMILES string of the molecule is Cc1cccc(-n2c([C@H](C)Nc3ncnc4nc[nH]c34)nc3cccc(C)c3c2=O)c1. The predicted molar refractivity (Wildman–Crippen MR) is 121 cm³/mol. The van der Waals surface area contributed by atoms with E-state index < -0.39 is 0 Å². The molecule has 0 radical (unpaired) electrons. The largest absolute Gasteiger partial charge is 0.358 e. The van der Waals surface area contributed by atoms with E-state index in [4.69, 9.17) is 4.98 Å². The minimum absolute atomic E-state index is 0.0910. The maximum absolute atomic E-state index is 13.7. The molecule has 0 bridgehead atoms. The van der Waals surface area contributed by atoms with Crippen molar-refractivity contribution in [3.8, 4) is 5.69 Å². The fourth-order valence-electron chi connectivity index (χ4n) is 3.86. The number of aryl methyl sites for hydroxylation is 2. The van der Waals surface area contributed by atoms with E-state index in [0.717, 1.165) is 16.8 Å². The van der Waals surface area contributed by atoms with E-state index >= 15 is 0 Å². The van der Waals surface area contributed by atoms with E-state index in [1.165, 1.54) is 6.33 Å². The number of fused-ring (bicyclic) bond motifs is 2. The molecule has 8 nitrogen and oxygen atoms in total. The Morgan fingerprint density at radius 3 is 2.74 bits per heavy atom. The number of hydrogen-bond donors (Lipinski definition) is 2. The van der Waals surface area contributed by atoms with Gasteiger partial charge in [-0.15, -0.1) is 0 Å². The van der Waals surface area contributed by atoms with Crippen molar-refractivity contribution in [3.63, 3.8) is 0 Å². The quantitative estimate of drug-likeness (QED) is 0.466. The molecule has 8 heteroatoms. The molecule has 3 aromatic heterocycles. The minimum atomic E-state index is -0.320. The van der Waals surface area contributed by atoms with E-state index in [-0.39, 0.29) is 11.6 Å². The van der Waals surface area contributed by atoms with Crippen LogP contribution in [0.1, 0.15) is 29.9 Å². The second-order valence-electron chi connectivity index (χ2n) is 7.61. The minimum Gasteiger partial charge on any atom is -0.358 e. The van der Waals surface area contributed by atoms with Gasteiger partial charge in [0.1, 0.15) is 17.7 Å². The number of rotatable bonds is 4. The van der Waals surface area contributed by atoms with Crippen LogP contribution in [0.25, 0.3) is 27.8 Å². The molecule has 0 unspecified atom stereocenters. The smallest absolute Gasteiger partial charge is 0.266 e. The van der Waals surface area contributed by atoms with Gasteiger partial charge in [0, 0.05) is 0 Å². The van der Waals surface area contributed by atoms with Crippen LogP contribution in [0.5, 0.6) is 0 Å². The van der Waals surface area contributed by atoms with Gasteiger partial charge in [0.2, 0.25) is 0 Å². The molecule has 0 saturated carbocycles. The van der Waals surface area contributed by atoms with Crippen molar-refractivity contribution in [2.45, 2.75) is 26.8 Å². The molecule has 0 fully saturated rings. The van der Waals surface area contributed by atoms with Gasteiger partial charge in [0.25, 0.3) is 5.56 Å². The van der Waals surface area contributed by atoms with E-state index in [2.05, 4.69) is 25.3 Å². The average Bonchev–Trinajstić information content (AvgIpc) is 3.23. The highest BCUT2D eigenvalue weighted by Crippen LogP contribution is 2.24. The Labute approximate surface area is 178 Å². The van der Waals surface area contributed by atoms with Crippen LogP contribution >= 0.6 is 0 Å². The molecule has 0 saturated heterocycles. The molecule has 0 amide bonds. The molecule has 5 aromatic rings. The van der Waals surface area contributed by atoms with Crippen LogP contribution in [0.4, 0.5) is 5.82 Å². The number of aromatic nitrogens is 6. The summed E-state index contributed by atoms with van der Waals surface area (Å²) in [7, 11) is 0. The third-order valence-corrected chi connectivity index (χ3v) is 5.36. The van der Waals surface area contributed by atoms with Crippen LogP contribution in [0, 0.1) is 13.8 Å². The molecular formula is C23H21N7O. The van der Waals surface area contributed by atoms with Crippen LogP contribution in [0.2, 0.25) is 0 Å². The van der Waals surface area contributed by atoms with Gasteiger partial charge < -0.3 is 10.3 Å². The summed E-state index contributed by atoms with van der Waals surface area (Å²) >= 11 is 0. The van der Waals surface area contributed by atoms with Crippen molar-refractivity contribution in [2.24, 2.45) is 0 Å². The standard InChI is InChI=1S/C23H21N7O/c1-13-6-4-8-16(10-13)30-22(29-17-9-5-7-14(2)18(17)23(30)31)15(3)28-21-19-20(25-11-24-19)26-12-27-21/h4-12,15H,1-3H3,(H2,24,25,26,27,28)/t15-/m0/s1. The maximum Gasteiger partial charge on any atom is 0.266 e. The molecule has 0 aliphatic heterocycles. The highest BCUT2D eigenvalue weighted by molar-refractivity contribution is 5.83. The van der Waals surface area contributed by atoms with E-state index in [0.29, 0.717) is 33.7 Å². The van der Waals surface area contributed by atoms with Crippen molar-refractivity contribution in [1.29, 1.82) is 0 Å². The molecule has 0 spiro atoms. The fourth-order valence-corrected chi connectivity index (χ4v) is 3.86. The number of imidazole rings is 1. The van der Waals surface area contributed by atoms with Crippen LogP contribution in [-0.2, 0) is 0 Å². The summed E-state index contributed by atoms with van der Waals surface area (Å²) in [4.78, 5) is 34.3. The van der Waals surface area contributed by atoms with Crippen molar-refractivity contribution >= 4 is 27.9 Å². The molecule has 2 N–H and O–H groups in total. The molecule has 2 aromatic carbocycles. The average molecular weight is 411 g/mol. The predicted octanol–water partition coefficient (Wildman–Crippen LogP) is 3.84. The molecule has 0 aliphatic carbocycles. The first kappa shape index (κ1) is 18.9. The summed E-state index contributed by atoms with van der Waals surface area (Å²) in [5, 5.41) is 4.00. The summed E-state index contributed by atoms with van der Waals surface area (Å²) < 4.78 is 1.69. The lowest BCUT2D eigenvalue weighted by molar-refractivity contribution is 0.731. The van der Waals surface area contributed by atoms with Gasteiger partial charge in [-0.2, -0.15) is 0 Å². The number of H-pyrrole nitrogens is 1. The van der Waals surface area contributed by atoms with Crippen LogP contribution in [0.3, 0.4) is 0 Å². The third kappa shape index (κ3) is 3.22. The topological polar surface area (TPSA) is 101 Å². The normalized spacial score (nSPS) is 12.4. The second kappa shape index (κ2) is 7.32. The molecule has 3 heterocycles. The van der Waals surface area contributed by atoms with Gasteiger partial charge in [-0.3, -0.25) is 9.36 Å². The van der Waals surface area contributed by atoms with Gasteiger partial charge in [-0.1, -0.05) is 24.3 Å². The highest BCUT2D eigenvalue weighted by atomic mass is 16.1. The zero-order valence-corrected chi connectivity index (χ0v) is 17.4. The lowest BCUT2D eigenvalue weighted by Crippen LogP contribution is -2.28. The van der Waals surface area contributed by atoms with Crippen molar-refractivity contribution in [2.75, 3.05) is 5.32 Å². The van der Waals surface area contributed by atoms with Crippen molar-refractivity contribution in [3.05, 3.63) is 82.4 Å². The fraction of sp³-hybridized carbons (Fsp3) is 0.174. The number of aromatic amines is 1. The molecule has 5 rings (SSSR count). The summed E-state index contributed by atoms with van der Waals surface area (Å²) in [6, 6.07) is 13.3. The van der Waals surface area contributed by atoms with Crippen molar-refractivity contribution < 1.29 is 0 Å². The Bertz CT molecular complexity index is 1480. The number of benzene rings is 2. The molecule has 1 atom stereocenters. The number of anilines is 1. The zero-order chi connectivity index (χ0) is 21.5. The number of nitrogens with one attached hydrogen (secondary N) is 2. The number of hydrogen-bond acceptors (Lipinski definition) is 6. The van der Waals surface area contributed by atoms with E-state index in [1.54, 1.807) is 10.9 Å². The molecule has 31 heavy (non-hydrogen) atoms. The lowest BCUT2D eigenvalue weighted by Gasteiger charge is -2.20. The van der Waals surface area contributed by atoms with Crippen LogP contribution < -0.4 is 10.9 Å². The third-order valence-electron chi connectivity index (χ3n) is 5.36. The van der Waals surface area contributed by atoms with Crippen LogP contribution in [-0.4, -0.2) is 29.5 Å². The first-order chi connectivity index (χ1) is 15.0. The maximum atomic E-state index is 13.7. The summed E-state index contributed by atoms with van der Waals surface area (Å²) in [5.74, 6) is 1.20. The Morgan fingerprint density at radius 1 is 1.06 bits per heavy atom. The summed E-state index contributed by atoms with van der Waals surface area (Å²) in [6.07, 6.45) is 3.04. The zero-order valence-electron chi connectivity index (χ0n) is 17.4. The summed E-state index contributed by atoms with van der Waals surface area (Å²) in [6.45, 7) is 5.90. The van der Waals surface area contributed by atoms with Crippen molar-refractivity contribution in [1.82, 2.24) is 29.5 Å². The van der Waals surface area contributed by atoms with Gasteiger partial charge in [0.15, 0.2) is 11.5 Å².